The Hall–Kier alpha value is -2.37. The van der Waals surface area contributed by atoms with Crippen molar-refractivity contribution in [3.05, 3.63) is 54.1 Å². The van der Waals surface area contributed by atoms with Crippen LogP contribution >= 0.6 is 0 Å². The van der Waals surface area contributed by atoms with Crippen molar-refractivity contribution in [1.82, 2.24) is 0 Å². The van der Waals surface area contributed by atoms with Gasteiger partial charge in [0, 0.05) is 0 Å². The van der Waals surface area contributed by atoms with Crippen molar-refractivity contribution in [2.24, 2.45) is 10.2 Å². The molecule has 0 aliphatic carbocycles. The van der Waals surface area contributed by atoms with Gasteiger partial charge in [-0.05, 0) is 36.4 Å². The minimum absolute atomic E-state index is 0.212. The molecule has 0 atom stereocenters. The number of methoxy groups -OCH3 is 1. The summed E-state index contributed by atoms with van der Waals surface area (Å²) in [7, 11) is 1.52. The summed E-state index contributed by atoms with van der Waals surface area (Å²) < 4.78 is 43.2. The molecule has 0 aliphatic rings. The topological polar surface area (TPSA) is 34.0 Å². The van der Waals surface area contributed by atoms with Crippen LogP contribution in [0.25, 0.3) is 0 Å². The minimum atomic E-state index is -4.45. The van der Waals surface area contributed by atoms with Crippen LogP contribution in [0.1, 0.15) is 5.56 Å². The summed E-state index contributed by atoms with van der Waals surface area (Å²) in [6, 6.07) is 11.6. The lowest BCUT2D eigenvalue weighted by Gasteiger charge is -2.08. The highest BCUT2D eigenvalue weighted by Crippen LogP contribution is 2.36. The second-order valence-corrected chi connectivity index (χ2v) is 3.91. The second kappa shape index (κ2) is 5.73. The smallest absolute Gasteiger partial charge is 0.418 e. The molecule has 104 valence electrons. The molecule has 0 aromatic heterocycles. The van der Waals surface area contributed by atoms with Crippen molar-refractivity contribution >= 4 is 11.4 Å². The maximum Gasteiger partial charge on any atom is 0.418 e. The van der Waals surface area contributed by atoms with Crippen molar-refractivity contribution in [2.75, 3.05) is 7.11 Å². The van der Waals surface area contributed by atoms with E-state index < -0.39 is 11.7 Å². The van der Waals surface area contributed by atoms with E-state index in [9.17, 15) is 13.2 Å². The molecule has 0 radical (unpaired) electrons. The van der Waals surface area contributed by atoms with E-state index >= 15 is 0 Å². The highest BCUT2D eigenvalue weighted by atomic mass is 19.4. The monoisotopic (exact) mass is 280 g/mol. The van der Waals surface area contributed by atoms with E-state index in [1.54, 1.807) is 24.3 Å². The first kappa shape index (κ1) is 14.0. The predicted octanol–water partition coefficient (Wildman–Crippen LogP) is 5.13. The van der Waals surface area contributed by atoms with Crippen LogP contribution in [-0.2, 0) is 6.18 Å². The lowest BCUT2D eigenvalue weighted by Crippen LogP contribution is -2.04. The van der Waals surface area contributed by atoms with E-state index in [1.165, 1.54) is 25.3 Å². The summed E-state index contributed by atoms with van der Waals surface area (Å²) in [5.41, 5.74) is -0.573. The highest BCUT2D eigenvalue weighted by Gasteiger charge is 2.33. The van der Waals surface area contributed by atoms with E-state index in [0.717, 1.165) is 6.07 Å². The normalized spacial score (nSPS) is 11.8. The van der Waals surface area contributed by atoms with Crippen LogP contribution < -0.4 is 4.74 Å². The van der Waals surface area contributed by atoms with Crippen LogP contribution in [0.2, 0.25) is 0 Å². The summed E-state index contributed by atoms with van der Waals surface area (Å²) in [6.07, 6.45) is -4.45. The molecule has 2 rings (SSSR count). The molecule has 0 amide bonds. The summed E-state index contributed by atoms with van der Waals surface area (Å²) >= 11 is 0. The van der Waals surface area contributed by atoms with Gasteiger partial charge in [0.05, 0.1) is 24.0 Å². The molecule has 0 heterocycles. The van der Waals surface area contributed by atoms with Gasteiger partial charge in [-0.25, -0.2) is 0 Å². The first-order chi connectivity index (χ1) is 9.50. The molecule has 0 saturated heterocycles. The van der Waals surface area contributed by atoms with Gasteiger partial charge in [-0.1, -0.05) is 12.1 Å². The Kier molecular flexibility index (Phi) is 4.02. The molecule has 0 fully saturated rings. The zero-order valence-electron chi connectivity index (χ0n) is 10.6. The maximum absolute atomic E-state index is 12.8. The summed E-state index contributed by atoms with van der Waals surface area (Å²) in [5.74, 6) is 0.639. The third-order valence-electron chi connectivity index (χ3n) is 2.56. The van der Waals surface area contributed by atoms with Gasteiger partial charge in [0.2, 0.25) is 0 Å². The van der Waals surface area contributed by atoms with Crippen LogP contribution in [0.3, 0.4) is 0 Å². The molecule has 0 bridgehead atoms. The first-order valence-corrected chi connectivity index (χ1v) is 5.73. The number of alkyl halides is 3. The number of rotatable bonds is 3. The van der Waals surface area contributed by atoms with Crippen molar-refractivity contribution < 1.29 is 17.9 Å². The van der Waals surface area contributed by atoms with Gasteiger partial charge in [0.15, 0.2) is 0 Å². The van der Waals surface area contributed by atoms with E-state index in [-0.39, 0.29) is 5.69 Å². The van der Waals surface area contributed by atoms with E-state index in [1.807, 2.05) is 0 Å². The summed E-state index contributed by atoms with van der Waals surface area (Å²) in [4.78, 5) is 0. The van der Waals surface area contributed by atoms with Crippen molar-refractivity contribution in [2.45, 2.75) is 6.18 Å². The zero-order chi connectivity index (χ0) is 14.6. The fourth-order valence-corrected chi connectivity index (χ4v) is 1.56. The number of halogens is 3. The summed E-state index contributed by atoms with van der Waals surface area (Å²) in [5, 5.41) is 7.46. The molecule has 0 N–H and O–H groups in total. The standard InChI is InChI=1S/C14H11F3N2O/c1-20-11-8-6-10(7-9-11)18-19-13-5-3-2-4-12(13)14(15,16)17/h2-9H,1H3. The number of azo groups is 1. The van der Waals surface area contributed by atoms with Gasteiger partial charge < -0.3 is 4.74 Å². The average molecular weight is 280 g/mol. The molecular weight excluding hydrogens is 269 g/mol. The third-order valence-corrected chi connectivity index (χ3v) is 2.56. The van der Waals surface area contributed by atoms with Crippen LogP contribution in [-0.4, -0.2) is 7.11 Å². The third kappa shape index (κ3) is 3.34. The molecule has 0 saturated carbocycles. The summed E-state index contributed by atoms with van der Waals surface area (Å²) in [6.45, 7) is 0. The Labute approximate surface area is 113 Å². The molecule has 0 aliphatic heterocycles. The van der Waals surface area contributed by atoms with Crippen LogP contribution in [0.5, 0.6) is 5.75 Å². The Balaban J connectivity index is 2.27. The largest absolute Gasteiger partial charge is 0.497 e. The van der Waals surface area contributed by atoms with Crippen LogP contribution in [0, 0.1) is 0 Å². The highest BCUT2D eigenvalue weighted by molar-refractivity contribution is 5.48. The van der Waals surface area contributed by atoms with Crippen molar-refractivity contribution in [3.8, 4) is 5.75 Å². The zero-order valence-corrected chi connectivity index (χ0v) is 10.6. The fourth-order valence-electron chi connectivity index (χ4n) is 1.56. The van der Waals surface area contributed by atoms with Gasteiger partial charge in [0.1, 0.15) is 5.75 Å². The molecule has 0 spiro atoms. The number of benzene rings is 2. The van der Waals surface area contributed by atoms with Gasteiger partial charge in [-0.15, -0.1) is 5.11 Å². The Bertz CT molecular complexity index is 607. The predicted molar refractivity (Wildman–Crippen MR) is 68.6 cm³/mol. The number of ether oxygens (including phenoxy) is 1. The van der Waals surface area contributed by atoms with E-state index in [0.29, 0.717) is 11.4 Å². The van der Waals surface area contributed by atoms with Gasteiger partial charge in [-0.3, -0.25) is 0 Å². The van der Waals surface area contributed by atoms with E-state index in [4.69, 9.17) is 4.74 Å². The SMILES string of the molecule is COc1ccc(N=Nc2ccccc2C(F)(F)F)cc1. The van der Waals surface area contributed by atoms with E-state index in [2.05, 4.69) is 10.2 Å². The molecule has 6 heteroatoms. The Morgan fingerprint density at radius 1 is 0.900 bits per heavy atom. The first-order valence-electron chi connectivity index (χ1n) is 5.73. The Morgan fingerprint density at radius 2 is 1.55 bits per heavy atom. The van der Waals surface area contributed by atoms with Gasteiger partial charge in [0.25, 0.3) is 0 Å². The quantitative estimate of drug-likeness (QED) is 0.717. The fraction of sp³-hybridized carbons (Fsp3) is 0.143. The molecule has 20 heavy (non-hydrogen) atoms. The van der Waals surface area contributed by atoms with Gasteiger partial charge in [-0.2, -0.15) is 18.3 Å². The average Bonchev–Trinajstić information content (AvgIpc) is 2.45. The van der Waals surface area contributed by atoms with Crippen molar-refractivity contribution in [1.29, 1.82) is 0 Å². The molecule has 2 aromatic carbocycles. The lowest BCUT2D eigenvalue weighted by atomic mass is 10.2. The van der Waals surface area contributed by atoms with Crippen LogP contribution in [0.4, 0.5) is 24.5 Å². The Morgan fingerprint density at radius 3 is 2.15 bits per heavy atom. The number of nitrogens with zero attached hydrogens (tertiary/aromatic N) is 2. The molecule has 0 unspecified atom stereocenters. The number of hydrogen-bond donors (Lipinski definition) is 0. The molecule has 2 aromatic rings. The molecular formula is C14H11F3N2O. The van der Waals surface area contributed by atoms with Crippen molar-refractivity contribution in [3.63, 3.8) is 0 Å². The molecule has 3 nitrogen and oxygen atoms in total. The number of hydrogen-bond acceptors (Lipinski definition) is 3. The lowest BCUT2D eigenvalue weighted by molar-refractivity contribution is -0.137. The van der Waals surface area contributed by atoms with Gasteiger partial charge >= 0.3 is 6.18 Å². The van der Waals surface area contributed by atoms with Crippen LogP contribution in [0.15, 0.2) is 58.8 Å². The second-order valence-electron chi connectivity index (χ2n) is 3.91. The minimum Gasteiger partial charge on any atom is -0.497 e. The maximum atomic E-state index is 12.8.